The van der Waals surface area contributed by atoms with Crippen LogP contribution in [0.2, 0.25) is 10.0 Å². The Morgan fingerprint density at radius 3 is 2.38 bits per heavy atom. The lowest BCUT2D eigenvalue weighted by molar-refractivity contribution is -0.159. The van der Waals surface area contributed by atoms with Crippen molar-refractivity contribution in [1.82, 2.24) is 9.88 Å². The van der Waals surface area contributed by atoms with E-state index in [4.69, 9.17) is 27.9 Å². The normalized spacial score (nSPS) is 22.3. The number of nitrogens with one attached hydrogen (secondary N) is 1. The number of amides is 3. The number of fused-ring (bicyclic) bond motifs is 1. The number of ether oxygens (including phenoxy) is 1. The Morgan fingerprint density at radius 1 is 1.21 bits per heavy atom. The van der Waals surface area contributed by atoms with Crippen LogP contribution in [0.15, 0.2) is 6.07 Å². The first-order valence-electron chi connectivity index (χ1n) is 9.36. The van der Waals surface area contributed by atoms with Gasteiger partial charge in [-0.2, -0.15) is 0 Å². The molecule has 1 saturated carbocycles. The molecular weight excluding hydrogens is 421 g/mol. The molecule has 1 aromatic rings. The molecule has 1 aliphatic carbocycles. The van der Waals surface area contributed by atoms with Crippen LogP contribution >= 0.6 is 23.2 Å². The zero-order chi connectivity index (χ0) is 21.3. The molecule has 3 amide bonds. The van der Waals surface area contributed by atoms with Crippen molar-refractivity contribution in [2.45, 2.75) is 45.6 Å². The monoisotopic (exact) mass is 441 g/mol. The van der Waals surface area contributed by atoms with E-state index in [1.165, 1.54) is 13.0 Å². The summed E-state index contributed by atoms with van der Waals surface area (Å²) in [5, 5.41) is 2.93. The zero-order valence-corrected chi connectivity index (χ0v) is 17.5. The summed E-state index contributed by atoms with van der Waals surface area (Å²) in [6.07, 6.45) is 3.11. The van der Waals surface area contributed by atoms with Gasteiger partial charge in [0.25, 0.3) is 5.91 Å². The third-order valence-electron chi connectivity index (χ3n) is 5.31. The molecule has 0 unspecified atom stereocenters. The van der Waals surface area contributed by atoms with Gasteiger partial charge in [0.2, 0.25) is 11.8 Å². The third-order valence-corrected chi connectivity index (χ3v) is 5.98. The number of rotatable bonds is 5. The molecule has 2 aliphatic rings. The Kier molecular flexibility index (Phi) is 6.43. The molecule has 8 nitrogen and oxygen atoms in total. The standard InChI is InChI=1S/C19H21Cl2N3O5/c1-9-13(20)7-14(21)16(22-9)23-15(25)8-29-19(28)10(2)24-17(26)11-5-3-4-6-12(11)18(24)27/h7,10-12H,3-6,8H2,1-2H3,(H,22,23,25)/t10-,11+,12+/m0/s1. The molecule has 0 aromatic carbocycles. The van der Waals surface area contributed by atoms with Gasteiger partial charge in [-0.25, -0.2) is 9.78 Å². The Bertz CT molecular complexity index is 852. The number of aryl methyl sites for hydroxylation is 1. The molecule has 3 rings (SSSR count). The van der Waals surface area contributed by atoms with Crippen molar-refractivity contribution < 1.29 is 23.9 Å². The highest BCUT2D eigenvalue weighted by molar-refractivity contribution is 6.36. The van der Waals surface area contributed by atoms with Gasteiger partial charge in [0.15, 0.2) is 12.4 Å². The van der Waals surface area contributed by atoms with Crippen molar-refractivity contribution in [2.75, 3.05) is 11.9 Å². The second-order valence-corrected chi connectivity index (χ2v) is 8.08. The number of carbonyl (C=O) groups excluding carboxylic acids is 4. The Labute approximate surface area is 177 Å². The van der Waals surface area contributed by atoms with Gasteiger partial charge in [0, 0.05) is 0 Å². The maximum atomic E-state index is 12.6. The largest absolute Gasteiger partial charge is 0.454 e. The highest BCUT2D eigenvalue weighted by Gasteiger charge is 2.51. The summed E-state index contributed by atoms with van der Waals surface area (Å²) in [6.45, 7) is 2.47. The number of esters is 1. The summed E-state index contributed by atoms with van der Waals surface area (Å²) in [5.41, 5.74) is 0.476. The topological polar surface area (TPSA) is 106 Å². The fourth-order valence-electron chi connectivity index (χ4n) is 3.75. The van der Waals surface area contributed by atoms with E-state index in [9.17, 15) is 19.2 Å². The Hall–Kier alpha value is -2.19. The molecule has 156 valence electrons. The first kappa shape index (κ1) is 21.5. The molecule has 3 atom stereocenters. The molecule has 1 saturated heterocycles. The minimum absolute atomic E-state index is 0.0941. The average Bonchev–Trinajstić information content (AvgIpc) is 2.94. The maximum Gasteiger partial charge on any atom is 0.329 e. The van der Waals surface area contributed by atoms with Crippen LogP contribution < -0.4 is 5.32 Å². The number of hydrogen-bond donors (Lipinski definition) is 1. The minimum Gasteiger partial charge on any atom is -0.454 e. The SMILES string of the molecule is Cc1nc(NC(=O)COC(=O)[C@H](C)N2C(=O)[C@@H]3CCCC[C@H]3C2=O)c(Cl)cc1Cl. The van der Waals surface area contributed by atoms with Crippen LogP contribution in [0.4, 0.5) is 5.82 Å². The van der Waals surface area contributed by atoms with Crippen molar-refractivity contribution >= 4 is 52.7 Å². The van der Waals surface area contributed by atoms with E-state index < -0.39 is 24.5 Å². The molecule has 0 bridgehead atoms. The molecule has 1 aromatic heterocycles. The van der Waals surface area contributed by atoms with Gasteiger partial charge >= 0.3 is 5.97 Å². The number of hydrogen-bond acceptors (Lipinski definition) is 6. The fourth-order valence-corrected chi connectivity index (χ4v) is 4.15. The van der Waals surface area contributed by atoms with Crippen LogP contribution in [-0.4, -0.2) is 46.2 Å². The van der Waals surface area contributed by atoms with Crippen LogP contribution in [0.5, 0.6) is 0 Å². The highest BCUT2D eigenvalue weighted by Crippen LogP contribution is 2.38. The van der Waals surface area contributed by atoms with E-state index >= 15 is 0 Å². The van der Waals surface area contributed by atoms with E-state index in [1.807, 2.05) is 0 Å². The van der Waals surface area contributed by atoms with E-state index in [1.54, 1.807) is 6.92 Å². The van der Waals surface area contributed by atoms with E-state index in [0.717, 1.165) is 17.7 Å². The van der Waals surface area contributed by atoms with E-state index in [2.05, 4.69) is 10.3 Å². The molecular formula is C19H21Cl2N3O5. The summed E-state index contributed by atoms with van der Waals surface area (Å²) in [4.78, 5) is 54.6. The molecule has 2 heterocycles. The molecule has 1 aliphatic heterocycles. The minimum atomic E-state index is -1.09. The number of likely N-dealkylation sites (tertiary alicyclic amines) is 1. The van der Waals surface area contributed by atoms with Crippen LogP contribution in [0.1, 0.15) is 38.3 Å². The number of imide groups is 1. The fraction of sp³-hybridized carbons (Fsp3) is 0.526. The van der Waals surface area contributed by atoms with E-state index in [-0.39, 0.29) is 34.5 Å². The Morgan fingerprint density at radius 2 is 1.79 bits per heavy atom. The molecule has 10 heteroatoms. The van der Waals surface area contributed by atoms with Crippen LogP contribution in [-0.2, 0) is 23.9 Å². The van der Waals surface area contributed by atoms with Crippen LogP contribution in [0, 0.1) is 18.8 Å². The van der Waals surface area contributed by atoms with Crippen LogP contribution in [0.25, 0.3) is 0 Å². The average molecular weight is 442 g/mol. The molecule has 0 radical (unpaired) electrons. The Balaban J connectivity index is 1.57. The lowest BCUT2D eigenvalue weighted by Gasteiger charge is -2.21. The smallest absolute Gasteiger partial charge is 0.329 e. The summed E-state index contributed by atoms with van der Waals surface area (Å²) in [6, 6.07) is 0.354. The summed E-state index contributed by atoms with van der Waals surface area (Å²) in [7, 11) is 0. The molecule has 2 fully saturated rings. The van der Waals surface area contributed by atoms with Crippen LogP contribution in [0.3, 0.4) is 0 Å². The number of halogens is 2. The zero-order valence-electron chi connectivity index (χ0n) is 16.0. The molecule has 0 spiro atoms. The predicted molar refractivity (Wildman–Crippen MR) is 105 cm³/mol. The summed E-state index contributed by atoms with van der Waals surface area (Å²) in [5.74, 6) is -2.76. The first-order valence-corrected chi connectivity index (χ1v) is 10.1. The van der Waals surface area contributed by atoms with Gasteiger partial charge in [-0.05, 0) is 32.8 Å². The maximum absolute atomic E-state index is 12.6. The first-order chi connectivity index (χ1) is 13.7. The molecule has 29 heavy (non-hydrogen) atoms. The van der Waals surface area contributed by atoms with Gasteiger partial charge in [0.05, 0.1) is 27.6 Å². The van der Waals surface area contributed by atoms with Crippen molar-refractivity contribution in [3.8, 4) is 0 Å². The quantitative estimate of drug-likeness (QED) is 0.556. The lowest BCUT2D eigenvalue weighted by Crippen LogP contribution is -2.45. The van der Waals surface area contributed by atoms with E-state index in [0.29, 0.717) is 23.6 Å². The number of pyridine rings is 1. The van der Waals surface area contributed by atoms with Crippen molar-refractivity contribution in [3.63, 3.8) is 0 Å². The van der Waals surface area contributed by atoms with Gasteiger partial charge < -0.3 is 10.1 Å². The number of aromatic nitrogens is 1. The van der Waals surface area contributed by atoms with Crippen molar-refractivity contribution in [2.24, 2.45) is 11.8 Å². The van der Waals surface area contributed by atoms with Gasteiger partial charge in [0.1, 0.15) is 6.04 Å². The van der Waals surface area contributed by atoms with Crippen molar-refractivity contribution in [3.05, 3.63) is 21.8 Å². The van der Waals surface area contributed by atoms with Gasteiger partial charge in [-0.15, -0.1) is 0 Å². The predicted octanol–water partition coefficient (Wildman–Crippen LogP) is 2.74. The third kappa shape index (κ3) is 4.38. The summed E-state index contributed by atoms with van der Waals surface area (Å²) >= 11 is 11.9. The second kappa shape index (κ2) is 8.67. The summed E-state index contributed by atoms with van der Waals surface area (Å²) < 4.78 is 5.00. The van der Waals surface area contributed by atoms with Gasteiger partial charge in [-0.3, -0.25) is 19.3 Å². The van der Waals surface area contributed by atoms with Gasteiger partial charge in [-0.1, -0.05) is 36.0 Å². The van der Waals surface area contributed by atoms with Crippen molar-refractivity contribution in [1.29, 1.82) is 0 Å². The second-order valence-electron chi connectivity index (χ2n) is 7.26. The highest BCUT2D eigenvalue weighted by atomic mass is 35.5. The number of carbonyl (C=O) groups is 4. The molecule has 1 N–H and O–H groups in total. The lowest BCUT2D eigenvalue weighted by atomic mass is 9.81. The number of anilines is 1. The number of nitrogens with zero attached hydrogens (tertiary/aromatic N) is 2.